The number of ether oxygens (including phenoxy) is 1. The molecule has 0 spiro atoms. The summed E-state index contributed by atoms with van der Waals surface area (Å²) >= 11 is 0. The summed E-state index contributed by atoms with van der Waals surface area (Å²) in [5.41, 5.74) is 1.80. The number of carboxylic acids is 1. The first kappa shape index (κ1) is 12.3. The van der Waals surface area contributed by atoms with Crippen LogP contribution in [0.15, 0.2) is 12.1 Å². The minimum absolute atomic E-state index is 0.0282. The predicted octanol–water partition coefficient (Wildman–Crippen LogP) is 0.797. The fourth-order valence-corrected chi connectivity index (χ4v) is 1.90. The molecular weight excluding hydrogens is 236 g/mol. The van der Waals surface area contributed by atoms with Gasteiger partial charge >= 0.3 is 5.97 Å². The zero-order chi connectivity index (χ0) is 13.1. The molecule has 0 aromatic carbocycles. The van der Waals surface area contributed by atoms with Gasteiger partial charge < -0.3 is 14.7 Å². The number of rotatable bonds is 4. The van der Waals surface area contributed by atoms with Gasteiger partial charge in [-0.05, 0) is 11.6 Å². The molecule has 2 heterocycles. The number of carboxylic acid groups (broad SMARTS) is 1. The molecule has 1 aliphatic rings. The van der Waals surface area contributed by atoms with Crippen molar-refractivity contribution in [2.45, 2.75) is 25.9 Å². The van der Waals surface area contributed by atoms with E-state index in [0.29, 0.717) is 19.0 Å². The van der Waals surface area contributed by atoms with Crippen LogP contribution in [0.3, 0.4) is 0 Å². The minimum Gasteiger partial charge on any atom is -0.481 e. The van der Waals surface area contributed by atoms with E-state index in [9.17, 15) is 9.59 Å². The Morgan fingerprint density at radius 1 is 1.39 bits per heavy atom. The molecule has 2 rings (SSSR count). The maximum absolute atomic E-state index is 11.8. The van der Waals surface area contributed by atoms with Crippen LogP contribution in [0.2, 0.25) is 0 Å². The number of methoxy groups -OCH3 is 1. The summed E-state index contributed by atoms with van der Waals surface area (Å²) in [5.74, 6) is -0.595. The van der Waals surface area contributed by atoms with Crippen molar-refractivity contribution in [1.29, 1.82) is 0 Å². The molecule has 1 aromatic rings. The third-order valence-electron chi connectivity index (χ3n) is 2.86. The highest BCUT2D eigenvalue weighted by Gasteiger charge is 2.24. The lowest BCUT2D eigenvalue weighted by Gasteiger charge is -2.13. The molecule has 1 aliphatic heterocycles. The van der Waals surface area contributed by atoms with Gasteiger partial charge in [0.25, 0.3) is 0 Å². The molecule has 96 valence electrons. The topological polar surface area (TPSA) is 79.7 Å². The number of nitrogens with zero attached hydrogens (tertiary/aromatic N) is 2. The van der Waals surface area contributed by atoms with E-state index in [1.165, 1.54) is 0 Å². The van der Waals surface area contributed by atoms with Crippen molar-refractivity contribution in [3.8, 4) is 5.88 Å². The monoisotopic (exact) mass is 250 g/mol. The Kier molecular flexibility index (Phi) is 3.45. The Morgan fingerprint density at radius 2 is 2.17 bits per heavy atom. The first-order valence-corrected chi connectivity index (χ1v) is 5.62. The second kappa shape index (κ2) is 5.03. The number of aromatic nitrogens is 1. The van der Waals surface area contributed by atoms with Gasteiger partial charge in [0.15, 0.2) is 0 Å². The largest absolute Gasteiger partial charge is 0.481 e. The van der Waals surface area contributed by atoms with Crippen LogP contribution in [0.5, 0.6) is 5.88 Å². The van der Waals surface area contributed by atoms with Crippen LogP contribution >= 0.6 is 0 Å². The summed E-state index contributed by atoms with van der Waals surface area (Å²) in [6, 6.07) is 3.63. The number of pyridine rings is 1. The molecule has 0 unspecified atom stereocenters. The molecule has 0 saturated carbocycles. The number of amides is 1. The highest BCUT2D eigenvalue weighted by atomic mass is 16.5. The summed E-state index contributed by atoms with van der Waals surface area (Å²) < 4.78 is 5.02. The van der Waals surface area contributed by atoms with Crippen LogP contribution < -0.4 is 4.74 Å². The van der Waals surface area contributed by atoms with Crippen molar-refractivity contribution in [1.82, 2.24) is 9.88 Å². The second-order valence-corrected chi connectivity index (χ2v) is 4.10. The van der Waals surface area contributed by atoms with E-state index in [4.69, 9.17) is 9.84 Å². The van der Waals surface area contributed by atoms with Gasteiger partial charge in [-0.1, -0.05) is 0 Å². The summed E-state index contributed by atoms with van der Waals surface area (Å²) in [7, 11) is 1.54. The van der Waals surface area contributed by atoms with Gasteiger partial charge in [0.1, 0.15) is 0 Å². The smallest absolute Gasteiger partial charge is 0.303 e. The maximum atomic E-state index is 11.8. The molecule has 0 atom stereocenters. The molecule has 0 radical (unpaired) electrons. The van der Waals surface area contributed by atoms with Crippen molar-refractivity contribution in [3.63, 3.8) is 0 Å². The first-order chi connectivity index (χ1) is 8.60. The average molecular weight is 250 g/mol. The quantitative estimate of drug-likeness (QED) is 0.854. The average Bonchev–Trinajstić information content (AvgIpc) is 2.78. The Morgan fingerprint density at radius 3 is 2.83 bits per heavy atom. The van der Waals surface area contributed by atoms with E-state index < -0.39 is 5.97 Å². The van der Waals surface area contributed by atoms with Crippen LogP contribution in [-0.2, 0) is 22.7 Å². The Balaban J connectivity index is 2.00. The highest BCUT2D eigenvalue weighted by Crippen LogP contribution is 2.24. The Hall–Kier alpha value is -2.11. The fraction of sp³-hybridized carbons (Fsp3) is 0.417. The molecule has 0 aliphatic carbocycles. The summed E-state index contributed by atoms with van der Waals surface area (Å²) in [4.78, 5) is 28.1. The lowest BCUT2D eigenvalue weighted by atomic mass is 10.2. The molecule has 1 aromatic heterocycles. The Labute approximate surface area is 104 Å². The third-order valence-corrected chi connectivity index (χ3v) is 2.86. The normalized spacial score (nSPS) is 13.3. The van der Waals surface area contributed by atoms with Crippen molar-refractivity contribution in [2.24, 2.45) is 0 Å². The SMILES string of the molecule is COc1ccc2c(n1)CN(C(=O)CCC(=O)O)C2. The van der Waals surface area contributed by atoms with E-state index in [1.54, 1.807) is 18.1 Å². The van der Waals surface area contributed by atoms with Crippen LogP contribution in [0.25, 0.3) is 0 Å². The van der Waals surface area contributed by atoms with E-state index in [-0.39, 0.29) is 18.7 Å². The number of fused-ring (bicyclic) bond motifs is 1. The summed E-state index contributed by atoms with van der Waals surface area (Å²) in [6.07, 6.45) is -0.108. The molecule has 0 fully saturated rings. The van der Waals surface area contributed by atoms with Crippen LogP contribution in [0.4, 0.5) is 0 Å². The van der Waals surface area contributed by atoms with E-state index in [0.717, 1.165) is 11.3 Å². The number of carbonyl (C=O) groups excluding carboxylic acids is 1. The van der Waals surface area contributed by atoms with Gasteiger partial charge in [-0.25, -0.2) is 4.98 Å². The van der Waals surface area contributed by atoms with E-state index in [2.05, 4.69) is 4.98 Å². The van der Waals surface area contributed by atoms with Gasteiger partial charge in [0.05, 0.1) is 25.8 Å². The summed E-state index contributed by atoms with van der Waals surface area (Å²) in [5, 5.41) is 8.55. The molecule has 0 saturated heterocycles. The molecule has 0 bridgehead atoms. The molecule has 6 nitrogen and oxygen atoms in total. The molecule has 6 heteroatoms. The van der Waals surface area contributed by atoms with Gasteiger partial charge in [-0.2, -0.15) is 0 Å². The number of carbonyl (C=O) groups is 2. The van der Waals surface area contributed by atoms with Crippen molar-refractivity contribution < 1.29 is 19.4 Å². The molecule has 18 heavy (non-hydrogen) atoms. The van der Waals surface area contributed by atoms with E-state index >= 15 is 0 Å². The molecule has 1 amide bonds. The highest BCUT2D eigenvalue weighted by molar-refractivity contribution is 5.81. The minimum atomic E-state index is -0.958. The lowest BCUT2D eigenvalue weighted by Crippen LogP contribution is -2.25. The predicted molar refractivity (Wildman–Crippen MR) is 61.9 cm³/mol. The first-order valence-electron chi connectivity index (χ1n) is 5.62. The van der Waals surface area contributed by atoms with Crippen molar-refractivity contribution in [2.75, 3.05) is 7.11 Å². The van der Waals surface area contributed by atoms with Crippen LogP contribution in [0.1, 0.15) is 24.1 Å². The van der Waals surface area contributed by atoms with Crippen molar-refractivity contribution >= 4 is 11.9 Å². The van der Waals surface area contributed by atoms with Gasteiger partial charge in [0, 0.05) is 19.0 Å². The lowest BCUT2D eigenvalue weighted by molar-refractivity contribution is -0.141. The summed E-state index contributed by atoms with van der Waals surface area (Å²) in [6.45, 7) is 0.912. The van der Waals surface area contributed by atoms with Crippen molar-refractivity contribution in [3.05, 3.63) is 23.4 Å². The second-order valence-electron chi connectivity index (χ2n) is 4.10. The third kappa shape index (κ3) is 2.58. The van der Waals surface area contributed by atoms with Gasteiger partial charge in [0.2, 0.25) is 11.8 Å². The fourth-order valence-electron chi connectivity index (χ4n) is 1.90. The zero-order valence-electron chi connectivity index (χ0n) is 10.0. The number of aliphatic carboxylic acids is 1. The van der Waals surface area contributed by atoms with Crippen LogP contribution in [0, 0.1) is 0 Å². The molecular formula is C12H14N2O4. The Bertz CT molecular complexity index is 487. The van der Waals surface area contributed by atoms with E-state index in [1.807, 2.05) is 6.07 Å². The van der Waals surface area contributed by atoms with Gasteiger partial charge in [-0.3, -0.25) is 9.59 Å². The molecule has 1 N–H and O–H groups in total. The maximum Gasteiger partial charge on any atom is 0.303 e. The van der Waals surface area contributed by atoms with Gasteiger partial charge in [-0.15, -0.1) is 0 Å². The number of hydrogen-bond acceptors (Lipinski definition) is 4. The standard InChI is InChI=1S/C12H14N2O4/c1-18-10-3-2-8-6-14(7-9(8)13-10)11(15)4-5-12(16)17/h2-3H,4-7H2,1H3,(H,16,17). The number of hydrogen-bond donors (Lipinski definition) is 1. The van der Waals surface area contributed by atoms with Crippen LogP contribution in [-0.4, -0.2) is 34.0 Å². The zero-order valence-corrected chi connectivity index (χ0v) is 10.0.